The number of hydrogen-bond acceptors (Lipinski definition) is 3. The topological polar surface area (TPSA) is 76.0 Å². The number of aromatic amines is 1. The van der Waals surface area contributed by atoms with Gasteiger partial charge in [-0.3, -0.25) is 14.9 Å². The zero-order chi connectivity index (χ0) is 13.6. The predicted octanol–water partition coefficient (Wildman–Crippen LogP) is 3.35. The molecule has 0 unspecified atom stereocenters. The predicted molar refractivity (Wildman–Crippen MR) is 76.4 cm³/mol. The van der Waals surface area contributed by atoms with Crippen molar-refractivity contribution in [1.82, 2.24) is 4.98 Å². The fourth-order valence-electron chi connectivity index (χ4n) is 2.11. The number of non-ortho nitro benzene ring substituents is 1. The number of nitrogens with zero attached hydrogens (tertiary/aromatic N) is 1. The minimum absolute atomic E-state index is 0.0440. The molecule has 94 valence electrons. The lowest BCUT2D eigenvalue weighted by Crippen LogP contribution is -2.06. The SMILES string of the molecule is O=c1[nH]c2cc([N+](=O)[O-])ccc2c2cc(Br)ccc12. The molecule has 0 aliphatic rings. The van der Waals surface area contributed by atoms with Crippen LogP contribution in [-0.2, 0) is 0 Å². The van der Waals surface area contributed by atoms with Crippen LogP contribution in [0, 0.1) is 10.1 Å². The molecule has 0 amide bonds. The molecule has 1 N–H and O–H groups in total. The molecule has 0 atom stereocenters. The summed E-state index contributed by atoms with van der Waals surface area (Å²) in [6.07, 6.45) is 0. The highest BCUT2D eigenvalue weighted by Crippen LogP contribution is 2.26. The summed E-state index contributed by atoms with van der Waals surface area (Å²) >= 11 is 3.36. The highest BCUT2D eigenvalue weighted by molar-refractivity contribution is 9.10. The first-order valence-electron chi connectivity index (χ1n) is 5.46. The standard InChI is InChI=1S/C13H7BrN2O3/c14-7-1-3-10-11(5-7)9-4-2-8(16(18)19)6-12(9)15-13(10)17/h1-6H,(H,15,17). The van der Waals surface area contributed by atoms with Crippen LogP contribution in [0.2, 0.25) is 0 Å². The zero-order valence-electron chi connectivity index (χ0n) is 9.51. The minimum atomic E-state index is -0.483. The van der Waals surface area contributed by atoms with Crippen molar-refractivity contribution < 1.29 is 4.92 Å². The summed E-state index contributed by atoms with van der Waals surface area (Å²) in [6.45, 7) is 0. The molecule has 1 heterocycles. The molecular formula is C13H7BrN2O3. The van der Waals surface area contributed by atoms with Crippen molar-refractivity contribution in [3.63, 3.8) is 0 Å². The molecule has 0 fully saturated rings. The maximum Gasteiger partial charge on any atom is 0.271 e. The molecule has 2 aromatic carbocycles. The van der Waals surface area contributed by atoms with Gasteiger partial charge in [0, 0.05) is 27.4 Å². The number of halogens is 1. The Bertz CT molecular complexity index is 886. The largest absolute Gasteiger partial charge is 0.321 e. The van der Waals surface area contributed by atoms with Gasteiger partial charge in [-0.15, -0.1) is 0 Å². The van der Waals surface area contributed by atoms with E-state index < -0.39 is 4.92 Å². The third-order valence-electron chi connectivity index (χ3n) is 2.98. The Morgan fingerprint density at radius 3 is 2.53 bits per heavy atom. The maximum atomic E-state index is 11.9. The second kappa shape index (κ2) is 4.17. The van der Waals surface area contributed by atoms with Crippen LogP contribution in [0.3, 0.4) is 0 Å². The minimum Gasteiger partial charge on any atom is -0.321 e. The van der Waals surface area contributed by atoms with Crippen molar-refractivity contribution in [2.75, 3.05) is 0 Å². The molecule has 0 saturated heterocycles. The summed E-state index contributed by atoms with van der Waals surface area (Å²) in [7, 11) is 0. The van der Waals surface area contributed by atoms with E-state index in [2.05, 4.69) is 20.9 Å². The van der Waals surface area contributed by atoms with Gasteiger partial charge in [0.15, 0.2) is 0 Å². The highest BCUT2D eigenvalue weighted by atomic mass is 79.9. The van der Waals surface area contributed by atoms with E-state index in [0.717, 1.165) is 15.2 Å². The van der Waals surface area contributed by atoms with Crippen LogP contribution >= 0.6 is 15.9 Å². The molecule has 6 heteroatoms. The molecule has 0 spiro atoms. The Morgan fingerprint density at radius 2 is 1.79 bits per heavy atom. The van der Waals surface area contributed by atoms with Crippen molar-refractivity contribution in [1.29, 1.82) is 0 Å². The number of nitro groups is 1. The smallest absolute Gasteiger partial charge is 0.271 e. The Labute approximate surface area is 115 Å². The van der Waals surface area contributed by atoms with E-state index >= 15 is 0 Å². The quantitative estimate of drug-likeness (QED) is 0.424. The average molecular weight is 319 g/mol. The van der Waals surface area contributed by atoms with Crippen LogP contribution in [0.1, 0.15) is 0 Å². The summed E-state index contributed by atoms with van der Waals surface area (Å²) in [5.74, 6) is 0. The second-order valence-corrected chi connectivity index (χ2v) is 5.05. The molecule has 19 heavy (non-hydrogen) atoms. The number of pyridine rings is 1. The molecule has 0 radical (unpaired) electrons. The van der Waals surface area contributed by atoms with E-state index in [0.29, 0.717) is 10.9 Å². The van der Waals surface area contributed by atoms with Crippen LogP contribution in [0.4, 0.5) is 5.69 Å². The molecule has 1 aromatic heterocycles. The van der Waals surface area contributed by atoms with Crippen molar-refractivity contribution in [3.8, 4) is 0 Å². The third-order valence-corrected chi connectivity index (χ3v) is 3.47. The van der Waals surface area contributed by atoms with Gasteiger partial charge in [-0.25, -0.2) is 0 Å². The van der Waals surface area contributed by atoms with E-state index in [9.17, 15) is 14.9 Å². The third kappa shape index (κ3) is 1.90. The number of hydrogen-bond donors (Lipinski definition) is 1. The molecule has 0 aliphatic carbocycles. The van der Waals surface area contributed by atoms with Crippen LogP contribution in [0.15, 0.2) is 45.7 Å². The molecule has 5 nitrogen and oxygen atoms in total. The van der Waals surface area contributed by atoms with Gasteiger partial charge in [-0.05, 0) is 29.7 Å². The van der Waals surface area contributed by atoms with Crippen molar-refractivity contribution in [2.24, 2.45) is 0 Å². The van der Waals surface area contributed by atoms with E-state index in [4.69, 9.17) is 0 Å². The lowest BCUT2D eigenvalue weighted by Gasteiger charge is -2.04. The van der Waals surface area contributed by atoms with Gasteiger partial charge in [0.1, 0.15) is 0 Å². The van der Waals surface area contributed by atoms with Crippen LogP contribution in [0.25, 0.3) is 21.7 Å². The lowest BCUT2D eigenvalue weighted by molar-refractivity contribution is -0.384. The Balaban J connectivity index is 2.50. The summed E-state index contributed by atoms with van der Waals surface area (Å²) in [5, 5.41) is 12.9. The first kappa shape index (κ1) is 11.9. The summed E-state index contributed by atoms with van der Waals surface area (Å²) < 4.78 is 0.852. The van der Waals surface area contributed by atoms with Crippen LogP contribution in [0.5, 0.6) is 0 Å². The fraction of sp³-hybridized carbons (Fsp3) is 0. The molecule has 0 bridgehead atoms. The number of aromatic nitrogens is 1. The van der Waals surface area contributed by atoms with Gasteiger partial charge >= 0.3 is 0 Å². The number of rotatable bonds is 1. The highest BCUT2D eigenvalue weighted by Gasteiger charge is 2.10. The number of benzene rings is 2. The number of fused-ring (bicyclic) bond motifs is 3. The molecular weight excluding hydrogens is 312 g/mol. The molecule has 3 rings (SSSR count). The van der Waals surface area contributed by atoms with Crippen LogP contribution < -0.4 is 5.56 Å². The van der Waals surface area contributed by atoms with E-state index in [1.165, 1.54) is 12.1 Å². The molecule has 3 aromatic rings. The second-order valence-electron chi connectivity index (χ2n) is 4.13. The number of nitro benzene ring substituents is 1. The summed E-state index contributed by atoms with van der Waals surface area (Å²) in [6, 6.07) is 9.79. The van der Waals surface area contributed by atoms with Crippen molar-refractivity contribution in [2.45, 2.75) is 0 Å². The molecule has 0 saturated carbocycles. The van der Waals surface area contributed by atoms with Gasteiger partial charge in [0.05, 0.1) is 10.4 Å². The van der Waals surface area contributed by atoms with Gasteiger partial charge in [-0.2, -0.15) is 0 Å². The monoisotopic (exact) mass is 318 g/mol. The normalized spacial score (nSPS) is 11.0. The lowest BCUT2D eigenvalue weighted by atomic mass is 10.1. The van der Waals surface area contributed by atoms with Gasteiger partial charge < -0.3 is 4.98 Å². The Morgan fingerprint density at radius 1 is 1.05 bits per heavy atom. The van der Waals surface area contributed by atoms with E-state index in [1.807, 2.05) is 6.07 Å². The average Bonchev–Trinajstić information content (AvgIpc) is 2.37. The Hall–Kier alpha value is -2.21. The van der Waals surface area contributed by atoms with Crippen LogP contribution in [-0.4, -0.2) is 9.91 Å². The first-order valence-corrected chi connectivity index (χ1v) is 6.25. The summed E-state index contributed by atoms with van der Waals surface area (Å²) in [4.78, 5) is 24.9. The number of H-pyrrole nitrogens is 1. The fourth-order valence-corrected chi connectivity index (χ4v) is 2.47. The van der Waals surface area contributed by atoms with Crippen molar-refractivity contribution >= 4 is 43.3 Å². The number of nitrogens with one attached hydrogen (secondary N) is 1. The van der Waals surface area contributed by atoms with E-state index in [1.54, 1.807) is 18.2 Å². The van der Waals surface area contributed by atoms with Gasteiger partial charge in [0.25, 0.3) is 11.2 Å². The summed E-state index contributed by atoms with van der Waals surface area (Å²) in [5.41, 5.74) is 0.165. The van der Waals surface area contributed by atoms with E-state index in [-0.39, 0.29) is 11.2 Å². The maximum absolute atomic E-state index is 11.9. The van der Waals surface area contributed by atoms with Gasteiger partial charge in [0.2, 0.25) is 0 Å². The zero-order valence-corrected chi connectivity index (χ0v) is 11.1. The Kier molecular flexibility index (Phi) is 2.60. The molecule has 0 aliphatic heterocycles. The van der Waals surface area contributed by atoms with Crippen molar-refractivity contribution in [3.05, 3.63) is 61.3 Å². The first-order chi connectivity index (χ1) is 9.06. The van der Waals surface area contributed by atoms with Gasteiger partial charge in [-0.1, -0.05) is 15.9 Å².